The van der Waals surface area contributed by atoms with Crippen LogP contribution in [0.4, 0.5) is 17.2 Å². The van der Waals surface area contributed by atoms with Gasteiger partial charge in [0.2, 0.25) is 0 Å². The Balaban J connectivity index is 1.89. The zero-order valence-electron chi connectivity index (χ0n) is 19.7. The van der Waals surface area contributed by atoms with E-state index < -0.39 is 0 Å². The first kappa shape index (κ1) is 27.4. The lowest BCUT2D eigenvalue weighted by Gasteiger charge is -2.13. The first-order valence-electron chi connectivity index (χ1n) is 10.5. The molecule has 6 N–H and O–H groups in total. The van der Waals surface area contributed by atoms with Crippen LogP contribution < -0.4 is 26.2 Å². The molecule has 10 nitrogen and oxygen atoms in total. The summed E-state index contributed by atoms with van der Waals surface area (Å²) in [6.45, 7) is 1.92. The van der Waals surface area contributed by atoms with E-state index in [1.165, 1.54) is 25.7 Å². The Labute approximate surface area is 228 Å². The minimum absolute atomic E-state index is 0.332. The van der Waals surface area contributed by atoms with Crippen LogP contribution in [0.3, 0.4) is 0 Å². The van der Waals surface area contributed by atoms with Crippen molar-refractivity contribution < 1.29 is 9.53 Å². The highest BCUT2D eigenvalue weighted by Gasteiger charge is 2.17. The van der Waals surface area contributed by atoms with E-state index in [0.29, 0.717) is 51.2 Å². The minimum atomic E-state index is -0.383. The number of aromatic nitrogens is 2. The van der Waals surface area contributed by atoms with Gasteiger partial charge in [0.15, 0.2) is 5.82 Å². The average molecular weight is 639 g/mol. The second kappa shape index (κ2) is 12.7. The fourth-order valence-electron chi connectivity index (χ4n) is 3.30. The van der Waals surface area contributed by atoms with Gasteiger partial charge in [-0.05, 0) is 53.2 Å². The number of rotatable bonds is 10. The molecule has 1 amide bonds. The first-order chi connectivity index (χ1) is 17.4. The van der Waals surface area contributed by atoms with Gasteiger partial charge in [0.05, 0.1) is 34.8 Å². The molecule has 3 rings (SSSR count). The fraction of sp³-hybridized carbons (Fsp3) is 0.130. The average Bonchev–Trinajstić information content (AvgIpc) is 3.25. The van der Waals surface area contributed by atoms with Crippen molar-refractivity contribution in [3.63, 3.8) is 0 Å². The van der Waals surface area contributed by atoms with Gasteiger partial charge in [0.1, 0.15) is 5.75 Å². The van der Waals surface area contributed by atoms with Crippen LogP contribution in [-0.2, 0) is 0 Å². The van der Waals surface area contributed by atoms with Crippen LogP contribution in [0, 0.1) is 12.3 Å². The van der Waals surface area contributed by atoms with Crippen LogP contribution in [0.5, 0.6) is 5.75 Å². The molecule has 0 saturated carbocycles. The molecule has 0 bridgehead atoms. The number of nitrogens with zero attached hydrogens (tertiary/aromatic N) is 3. The van der Waals surface area contributed by atoms with Gasteiger partial charge >= 0.3 is 0 Å². The third kappa shape index (κ3) is 6.15. The van der Waals surface area contributed by atoms with Crippen LogP contribution in [0.15, 0.2) is 53.4 Å². The van der Waals surface area contributed by atoms with Gasteiger partial charge in [0.25, 0.3) is 5.91 Å². The zero-order valence-corrected chi connectivity index (χ0v) is 23.6. The third-order valence-corrected chi connectivity index (χ3v) is 6.64. The number of aliphatic imine (C=N–C) groups is 1. The maximum atomic E-state index is 12.7. The predicted octanol–water partition coefficient (Wildman–Crippen LogP) is 5.17. The molecule has 3 aromatic rings. The van der Waals surface area contributed by atoms with Crippen molar-refractivity contribution in [3.8, 4) is 11.4 Å². The molecule has 1 atom stereocenters. The number of hydrogen-bond donors (Lipinski definition) is 5. The summed E-state index contributed by atoms with van der Waals surface area (Å²) in [6.07, 6.45) is 6.24. The SMILES string of the molecule is CN=C/C(=C\N)NC(=O)c1ccc(-n2cc(C)c(Nc3ccc(NPI)c(C=N)c3Cl)n2)cc1OC. The van der Waals surface area contributed by atoms with Gasteiger partial charge in [-0.3, -0.25) is 9.79 Å². The monoisotopic (exact) mass is 638 g/mol. The van der Waals surface area contributed by atoms with Crippen molar-refractivity contribution in [2.24, 2.45) is 10.7 Å². The predicted molar refractivity (Wildman–Crippen MR) is 158 cm³/mol. The van der Waals surface area contributed by atoms with E-state index in [-0.39, 0.29) is 5.91 Å². The number of carbonyl (C=O) groups is 1. The van der Waals surface area contributed by atoms with E-state index in [4.69, 9.17) is 27.5 Å². The minimum Gasteiger partial charge on any atom is -0.496 e. The Hall–Kier alpha value is -3.15. The van der Waals surface area contributed by atoms with E-state index in [1.807, 2.05) is 25.3 Å². The van der Waals surface area contributed by atoms with E-state index in [9.17, 15) is 4.79 Å². The summed E-state index contributed by atoms with van der Waals surface area (Å²) in [4.78, 5) is 16.6. The molecule has 0 aliphatic carbocycles. The number of halogens is 2. The summed E-state index contributed by atoms with van der Waals surface area (Å²) in [5, 5.41) is 22.0. The van der Waals surface area contributed by atoms with E-state index in [0.717, 1.165) is 11.3 Å². The maximum absolute atomic E-state index is 12.7. The second-order valence-corrected chi connectivity index (χ2v) is 9.77. The number of allylic oxidation sites excluding steroid dienone is 1. The number of nitrogens with one attached hydrogen (secondary N) is 4. The smallest absolute Gasteiger partial charge is 0.259 e. The molecule has 0 fully saturated rings. The highest BCUT2D eigenvalue weighted by atomic mass is 127. The van der Waals surface area contributed by atoms with Gasteiger partial charge in [-0.25, -0.2) is 4.68 Å². The Bertz CT molecular complexity index is 1340. The Kier molecular flexibility index (Phi) is 9.68. The van der Waals surface area contributed by atoms with Crippen molar-refractivity contribution >= 4 is 75.5 Å². The van der Waals surface area contributed by atoms with Crippen molar-refractivity contribution in [1.29, 1.82) is 5.41 Å². The van der Waals surface area contributed by atoms with Crippen molar-refractivity contribution in [1.82, 2.24) is 15.1 Å². The normalized spacial score (nSPS) is 11.8. The molecule has 1 aromatic heterocycles. The van der Waals surface area contributed by atoms with E-state index in [2.05, 4.69) is 47.9 Å². The number of carbonyl (C=O) groups excluding carboxylic acids is 1. The molecule has 0 spiro atoms. The number of anilines is 3. The number of nitrogens with two attached hydrogens (primary N) is 1. The van der Waals surface area contributed by atoms with Crippen molar-refractivity contribution in [2.45, 2.75) is 6.92 Å². The quantitative estimate of drug-likeness (QED) is 0.118. The number of benzene rings is 2. The standard InChI is InChI=1S/C23H25ClIN8O2P/c1-13-12-33(31-22(13)30-19-7-6-18(32-36-25)17(10-27)21(19)24)15-4-5-16(20(8-15)35-3)23(34)29-14(9-26)11-28-2/h4-12,27,32,36H,26H2,1-3H3,(H,29,34)(H,30,31)/b14-9+,27-10?,28-11?. The summed E-state index contributed by atoms with van der Waals surface area (Å²) in [7, 11) is 3.07. The molecule has 188 valence electrons. The van der Waals surface area contributed by atoms with E-state index in [1.54, 1.807) is 29.9 Å². The molecule has 1 unspecified atom stereocenters. The Morgan fingerprint density at radius 1 is 1.33 bits per heavy atom. The van der Waals surface area contributed by atoms with Gasteiger partial charge < -0.3 is 31.6 Å². The number of aryl methyl sites for hydroxylation is 1. The van der Waals surface area contributed by atoms with Gasteiger partial charge in [-0.2, -0.15) is 0 Å². The molecule has 2 aromatic carbocycles. The summed E-state index contributed by atoms with van der Waals surface area (Å²) in [5.74, 6) is 0.587. The van der Waals surface area contributed by atoms with Gasteiger partial charge in [-0.15, -0.1) is 5.10 Å². The topological polar surface area (TPSA) is 142 Å². The lowest BCUT2D eigenvalue weighted by atomic mass is 10.1. The summed E-state index contributed by atoms with van der Waals surface area (Å²) in [5.41, 5.74) is 9.83. The molecule has 0 radical (unpaired) electrons. The Morgan fingerprint density at radius 3 is 2.72 bits per heavy atom. The number of hydrogen-bond acceptors (Lipinski definition) is 8. The summed E-state index contributed by atoms with van der Waals surface area (Å²) >= 11 is 8.79. The Morgan fingerprint density at radius 2 is 2.08 bits per heavy atom. The van der Waals surface area contributed by atoms with Crippen LogP contribution in [0.25, 0.3) is 5.69 Å². The van der Waals surface area contributed by atoms with Gasteiger partial charge in [0, 0.05) is 61.1 Å². The van der Waals surface area contributed by atoms with Gasteiger partial charge in [-0.1, -0.05) is 11.6 Å². The van der Waals surface area contributed by atoms with Crippen LogP contribution >= 0.6 is 40.0 Å². The maximum Gasteiger partial charge on any atom is 0.259 e. The zero-order chi connectivity index (χ0) is 26.2. The molecule has 0 saturated heterocycles. The van der Waals surface area contributed by atoms with Crippen LogP contribution in [-0.4, -0.2) is 42.3 Å². The number of ether oxygens (including phenoxy) is 1. The second-order valence-electron chi connectivity index (χ2n) is 7.33. The number of amides is 1. The summed E-state index contributed by atoms with van der Waals surface area (Å²) < 4.78 is 7.14. The van der Waals surface area contributed by atoms with Crippen molar-refractivity contribution in [3.05, 3.63) is 70.1 Å². The molecular weight excluding hydrogens is 614 g/mol. The fourth-order valence-corrected chi connectivity index (χ4v) is 4.76. The van der Waals surface area contributed by atoms with Crippen LogP contribution in [0.1, 0.15) is 21.5 Å². The molecule has 36 heavy (non-hydrogen) atoms. The lowest BCUT2D eigenvalue weighted by molar-refractivity contribution is 0.0965. The molecule has 0 aliphatic rings. The molecule has 1 heterocycles. The molecule has 13 heteroatoms. The van der Waals surface area contributed by atoms with Crippen LogP contribution in [0.2, 0.25) is 5.02 Å². The van der Waals surface area contributed by atoms with E-state index >= 15 is 0 Å². The number of methoxy groups -OCH3 is 1. The first-order valence-corrected chi connectivity index (χ1v) is 15.0. The summed E-state index contributed by atoms with van der Waals surface area (Å²) in [6, 6.07) is 8.85. The largest absolute Gasteiger partial charge is 0.496 e. The third-order valence-electron chi connectivity index (χ3n) is 5.06. The lowest BCUT2D eigenvalue weighted by Crippen LogP contribution is -2.25. The van der Waals surface area contributed by atoms with Crippen molar-refractivity contribution in [2.75, 3.05) is 24.6 Å². The highest BCUT2D eigenvalue weighted by molar-refractivity contribution is 14.2. The molecular formula is C23H25ClIN8O2P. The molecule has 0 aliphatic heterocycles. The highest BCUT2D eigenvalue weighted by Crippen LogP contribution is 2.36.